The topological polar surface area (TPSA) is 84.6 Å². The normalized spacial score (nSPS) is 12.9. The maximum Gasteiger partial charge on any atom is 0.453 e. The smallest absolute Gasteiger partial charge is 0.453 e. The van der Waals surface area contributed by atoms with Crippen molar-refractivity contribution in [2.45, 2.75) is 38.9 Å². The number of nitrogens with zero attached hydrogens (tertiary/aromatic N) is 5. The summed E-state index contributed by atoms with van der Waals surface area (Å²) in [4.78, 5) is 22.2. The first kappa shape index (κ1) is 24.4. The van der Waals surface area contributed by atoms with E-state index >= 15 is 0 Å². The second-order valence-corrected chi connectivity index (χ2v) is 7.97. The first-order chi connectivity index (χ1) is 15.5. The lowest BCUT2D eigenvalue weighted by atomic mass is 10.0. The van der Waals surface area contributed by atoms with Gasteiger partial charge >= 0.3 is 6.18 Å². The van der Waals surface area contributed by atoms with Crippen molar-refractivity contribution in [1.82, 2.24) is 29.8 Å². The Balaban J connectivity index is 1.68. The summed E-state index contributed by atoms with van der Waals surface area (Å²) in [5, 5.41) is 6.49. The molecule has 8 nitrogen and oxygen atoms in total. The highest BCUT2D eigenvalue weighted by atomic mass is 19.4. The lowest BCUT2D eigenvalue weighted by Gasteiger charge is -2.25. The number of benzene rings is 1. The Kier molecular flexibility index (Phi) is 7.21. The molecule has 0 radical (unpaired) electrons. The van der Waals surface area contributed by atoms with Crippen molar-refractivity contribution in [3.8, 4) is 5.75 Å². The van der Waals surface area contributed by atoms with Crippen molar-refractivity contribution in [1.29, 1.82) is 0 Å². The quantitative estimate of drug-likeness (QED) is 0.552. The summed E-state index contributed by atoms with van der Waals surface area (Å²) in [6, 6.07) is 7.60. The minimum Gasteiger partial charge on any atom is -0.497 e. The van der Waals surface area contributed by atoms with Crippen molar-refractivity contribution < 1.29 is 22.7 Å². The number of amides is 1. The van der Waals surface area contributed by atoms with Gasteiger partial charge < -0.3 is 15.0 Å². The van der Waals surface area contributed by atoms with Crippen LogP contribution >= 0.6 is 0 Å². The summed E-state index contributed by atoms with van der Waals surface area (Å²) < 4.78 is 45.2. The van der Waals surface area contributed by atoms with Crippen LogP contribution in [0.25, 0.3) is 5.78 Å². The molecule has 11 heteroatoms. The zero-order valence-electron chi connectivity index (χ0n) is 19.2. The van der Waals surface area contributed by atoms with Crippen LogP contribution in [0.15, 0.2) is 24.3 Å². The van der Waals surface area contributed by atoms with Gasteiger partial charge in [0.2, 0.25) is 5.91 Å². The average Bonchev–Trinajstić information content (AvgIpc) is 3.18. The van der Waals surface area contributed by atoms with Crippen molar-refractivity contribution in [3.63, 3.8) is 0 Å². The first-order valence-corrected chi connectivity index (χ1v) is 10.4. The molecule has 2 aromatic heterocycles. The Morgan fingerprint density at radius 1 is 1.24 bits per heavy atom. The van der Waals surface area contributed by atoms with Gasteiger partial charge in [0.1, 0.15) is 5.75 Å². The largest absolute Gasteiger partial charge is 0.497 e. The molecule has 0 aliphatic rings. The molecule has 0 spiro atoms. The number of methoxy groups -OCH3 is 1. The number of nitrogens with one attached hydrogen (secondary N) is 1. The van der Waals surface area contributed by atoms with E-state index in [0.717, 1.165) is 15.8 Å². The minimum atomic E-state index is -4.65. The second kappa shape index (κ2) is 9.74. The number of carbonyl (C=O) groups is 1. The maximum atomic E-state index is 13.0. The number of halogens is 3. The molecule has 1 atom stereocenters. The Morgan fingerprint density at radius 2 is 1.97 bits per heavy atom. The van der Waals surface area contributed by atoms with E-state index in [9.17, 15) is 18.0 Å². The van der Waals surface area contributed by atoms with Gasteiger partial charge in [-0.1, -0.05) is 12.1 Å². The molecule has 0 saturated carbocycles. The predicted molar refractivity (Wildman–Crippen MR) is 116 cm³/mol. The molecule has 3 aromatic rings. The van der Waals surface area contributed by atoms with E-state index in [0.29, 0.717) is 29.9 Å². The average molecular weight is 464 g/mol. The van der Waals surface area contributed by atoms with Crippen LogP contribution in [0.5, 0.6) is 5.75 Å². The third-order valence-corrected chi connectivity index (χ3v) is 5.50. The van der Waals surface area contributed by atoms with Gasteiger partial charge in [0.05, 0.1) is 13.2 Å². The van der Waals surface area contributed by atoms with Crippen LogP contribution in [0.4, 0.5) is 13.2 Å². The van der Waals surface area contributed by atoms with Gasteiger partial charge in [0.15, 0.2) is 0 Å². The van der Waals surface area contributed by atoms with E-state index in [1.165, 1.54) is 0 Å². The molecule has 1 amide bonds. The number of ether oxygens (including phenoxy) is 1. The van der Waals surface area contributed by atoms with Crippen molar-refractivity contribution in [3.05, 3.63) is 52.6 Å². The summed E-state index contributed by atoms with van der Waals surface area (Å²) in [5.74, 6) is -0.781. The molecule has 1 N–H and O–H groups in total. The summed E-state index contributed by atoms with van der Waals surface area (Å²) in [7, 11) is 5.46. The Labute approximate surface area is 189 Å². The molecule has 1 aromatic carbocycles. The van der Waals surface area contributed by atoms with Gasteiger partial charge in [0, 0.05) is 24.4 Å². The molecule has 0 saturated heterocycles. The van der Waals surface area contributed by atoms with Gasteiger partial charge in [-0.2, -0.15) is 18.2 Å². The zero-order chi connectivity index (χ0) is 24.3. The monoisotopic (exact) mass is 464 g/mol. The summed E-state index contributed by atoms with van der Waals surface area (Å²) in [5.41, 5.74) is 2.69. The van der Waals surface area contributed by atoms with Crippen LogP contribution in [-0.4, -0.2) is 58.1 Å². The number of hydrogen-bond acceptors (Lipinski definition) is 6. The number of fused-ring (bicyclic) bond motifs is 1. The summed E-state index contributed by atoms with van der Waals surface area (Å²) >= 11 is 0. The molecular weight excluding hydrogens is 437 g/mol. The van der Waals surface area contributed by atoms with Crippen LogP contribution in [-0.2, 0) is 17.4 Å². The Morgan fingerprint density at radius 3 is 2.61 bits per heavy atom. The van der Waals surface area contributed by atoms with Crippen molar-refractivity contribution in [2.24, 2.45) is 0 Å². The first-order valence-electron chi connectivity index (χ1n) is 10.4. The molecule has 0 bridgehead atoms. The van der Waals surface area contributed by atoms with E-state index in [1.807, 2.05) is 43.3 Å². The molecule has 2 heterocycles. The zero-order valence-corrected chi connectivity index (χ0v) is 19.2. The highest BCUT2D eigenvalue weighted by molar-refractivity contribution is 5.76. The lowest BCUT2D eigenvalue weighted by Crippen LogP contribution is -2.34. The maximum absolute atomic E-state index is 13.0. The van der Waals surface area contributed by atoms with Gasteiger partial charge in [-0.05, 0) is 57.6 Å². The summed E-state index contributed by atoms with van der Waals surface area (Å²) in [6.45, 7) is 3.73. The molecule has 0 unspecified atom stereocenters. The highest BCUT2D eigenvalue weighted by Gasteiger charge is 2.37. The van der Waals surface area contributed by atoms with Gasteiger partial charge in [-0.25, -0.2) is 9.50 Å². The number of aryl methyl sites for hydroxylation is 2. The summed E-state index contributed by atoms with van der Waals surface area (Å²) in [6.07, 6.45) is -4.17. The lowest BCUT2D eigenvalue weighted by molar-refractivity contribution is -0.144. The molecule has 178 valence electrons. The van der Waals surface area contributed by atoms with E-state index in [1.54, 1.807) is 21.0 Å². The SMILES string of the molecule is COc1cccc([C@@H](CNC(=O)CCc2c(C)nc3nc(C(F)(F)F)nn3c2C)N(C)C)c1. The molecule has 0 aliphatic carbocycles. The molecule has 33 heavy (non-hydrogen) atoms. The highest BCUT2D eigenvalue weighted by Crippen LogP contribution is 2.27. The van der Waals surface area contributed by atoms with Gasteiger partial charge in [-0.3, -0.25) is 4.79 Å². The van der Waals surface area contributed by atoms with Crippen LogP contribution < -0.4 is 10.1 Å². The van der Waals surface area contributed by atoms with E-state index in [2.05, 4.69) is 20.4 Å². The third kappa shape index (κ3) is 5.59. The van der Waals surface area contributed by atoms with Crippen molar-refractivity contribution in [2.75, 3.05) is 27.7 Å². The van der Waals surface area contributed by atoms with E-state index in [-0.39, 0.29) is 24.1 Å². The predicted octanol–water partition coefficient (Wildman–Crippen LogP) is 3.12. The molecule has 0 aliphatic heterocycles. The Hall–Kier alpha value is -3.21. The number of carbonyl (C=O) groups excluding carboxylic acids is 1. The molecule has 3 rings (SSSR count). The molecule has 0 fully saturated rings. The van der Waals surface area contributed by atoms with E-state index in [4.69, 9.17) is 4.74 Å². The number of aromatic nitrogens is 4. The number of rotatable bonds is 8. The minimum absolute atomic E-state index is 0.0542. The van der Waals surface area contributed by atoms with Crippen LogP contribution in [0.2, 0.25) is 0 Å². The fourth-order valence-electron chi connectivity index (χ4n) is 3.68. The molecular formula is C22H27F3N6O2. The number of alkyl halides is 3. The van der Waals surface area contributed by atoms with Gasteiger partial charge in [-0.15, -0.1) is 5.10 Å². The van der Waals surface area contributed by atoms with Crippen LogP contribution in [0, 0.1) is 13.8 Å². The number of likely N-dealkylation sites (N-methyl/N-ethyl adjacent to an activating group) is 1. The second-order valence-electron chi connectivity index (χ2n) is 7.97. The van der Waals surface area contributed by atoms with Gasteiger partial charge in [0.25, 0.3) is 11.6 Å². The fourth-order valence-corrected chi connectivity index (χ4v) is 3.68. The van der Waals surface area contributed by atoms with E-state index < -0.39 is 12.0 Å². The van der Waals surface area contributed by atoms with Crippen LogP contribution in [0.1, 0.15) is 40.8 Å². The van der Waals surface area contributed by atoms with Crippen molar-refractivity contribution >= 4 is 11.7 Å². The van der Waals surface area contributed by atoms with Crippen LogP contribution in [0.3, 0.4) is 0 Å². The Bertz CT molecular complexity index is 1140. The number of hydrogen-bond donors (Lipinski definition) is 1. The standard InChI is InChI=1S/C22H27F3N6O2/c1-13-17(14(2)31-21(27-13)28-20(29-31)22(23,24)25)9-10-19(32)26-12-18(30(3)4)15-7-6-8-16(11-15)33-5/h6-8,11,18H,9-10,12H2,1-5H3,(H,26,32)/t18-/m1/s1. The third-order valence-electron chi connectivity index (χ3n) is 5.50. The fraction of sp³-hybridized carbons (Fsp3) is 0.455.